The van der Waals surface area contributed by atoms with Crippen molar-refractivity contribution < 1.29 is 9.53 Å². The van der Waals surface area contributed by atoms with Gasteiger partial charge in [-0.1, -0.05) is 55.1 Å². The van der Waals surface area contributed by atoms with Crippen LogP contribution in [-0.4, -0.2) is 30.7 Å². The molecule has 4 rings (SSSR count). The summed E-state index contributed by atoms with van der Waals surface area (Å²) in [6.45, 7) is 5.49. The zero-order valence-electron chi connectivity index (χ0n) is 14.9. The smallest absolute Gasteiger partial charge is 0.409 e. The predicted molar refractivity (Wildman–Crippen MR) is 103 cm³/mol. The van der Waals surface area contributed by atoms with Crippen molar-refractivity contribution in [2.24, 2.45) is 5.92 Å². The highest BCUT2D eigenvalue weighted by molar-refractivity contribution is 5.79. The molecule has 0 atom stereocenters. The van der Waals surface area contributed by atoms with E-state index in [0.29, 0.717) is 12.5 Å². The molecule has 132 valence electrons. The number of piperidine rings is 1. The van der Waals surface area contributed by atoms with Gasteiger partial charge in [0.1, 0.15) is 6.61 Å². The number of allylic oxidation sites excluding steroid dienone is 1. The third kappa shape index (κ3) is 3.07. The fraction of sp³-hybridized carbons (Fsp3) is 0.304. The van der Waals surface area contributed by atoms with Gasteiger partial charge in [-0.2, -0.15) is 0 Å². The number of benzene rings is 2. The van der Waals surface area contributed by atoms with E-state index in [1.54, 1.807) is 0 Å². The lowest BCUT2D eigenvalue weighted by atomic mass is 9.97. The Balaban J connectivity index is 1.44. The molecule has 0 unspecified atom stereocenters. The van der Waals surface area contributed by atoms with Crippen LogP contribution in [0.3, 0.4) is 0 Å². The number of ether oxygens (including phenoxy) is 1. The van der Waals surface area contributed by atoms with Crippen molar-refractivity contribution in [3.8, 4) is 11.1 Å². The summed E-state index contributed by atoms with van der Waals surface area (Å²) in [4.78, 5) is 14.3. The van der Waals surface area contributed by atoms with E-state index >= 15 is 0 Å². The average molecular weight is 345 g/mol. The first kappa shape index (κ1) is 16.7. The molecule has 2 aliphatic rings. The van der Waals surface area contributed by atoms with Gasteiger partial charge in [0.2, 0.25) is 0 Å². The molecule has 0 N–H and O–H groups in total. The van der Waals surface area contributed by atoms with Crippen LogP contribution in [0.5, 0.6) is 0 Å². The van der Waals surface area contributed by atoms with Gasteiger partial charge >= 0.3 is 6.09 Å². The number of carbonyl (C=O) groups excluding carboxylic acids is 1. The topological polar surface area (TPSA) is 29.5 Å². The third-order valence-electron chi connectivity index (χ3n) is 5.49. The Morgan fingerprint density at radius 3 is 2.23 bits per heavy atom. The molecule has 1 aliphatic heterocycles. The van der Waals surface area contributed by atoms with E-state index in [9.17, 15) is 4.79 Å². The van der Waals surface area contributed by atoms with Gasteiger partial charge in [0.25, 0.3) is 0 Å². The highest BCUT2D eigenvalue weighted by atomic mass is 16.6. The number of hydrogen-bond donors (Lipinski definition) is 0. The van der Waals surface area contributed by atoms with Gasteiger partial charge in [-0.25, -0.2) is 4.79 Å². The fourth-order valence-electron chi connectivity index (χ4n) is 4.10. The molecule has 2 aromatic carbocycles. The summed E-state index contributed by atoms with van der Waals surface area (Å²) >= 11 is 0. The molecule has 26 heavy (non-hydrogen) atoms. The van der Waals surface area contributed by atoms with E-state index in [0.717, 1.165) is 25.9 Å². The highest BCUT2D eigenvalue weighted by Crippen LogP contribution is 2.44. The Morgan fingerprint density at radius 2 is 1.65 bits per heavy atom. The quantitative estimate of drug-likeness (QED) is 0.734. The summed E-state index contributed by atoms with van der Waals surface area (Å²) in [5, 5.41) is 0. The summed E-state index contributed by atoms with van der Waals surface area (Å²) < 4.78 is 5.72. The minimum absolute atomic E-state index is 0.118. The fourth-order valence-corrected chi connectivity index (χ4v) is 4.10. The maximum Gasteiger partial charge on any atom is 0.409 e. The highest BCUT2D eigenvalue weighted by Gasteiger charge is 2.30. The van der Waals surface area contributed by atoms with Gasteiger partial charge in [-0.05, 0) is 47.1 Å². The van der Waals surface area contributed by atoms with E-state index in [2.05, 4.69) is 60.8 Å². The SMILES string of the molecule is C=C=CC1CCN(C(=O)OCC2c3ccccc3-c3ccccc32)CC1. The second kappa shape index (κ2) is 7.23. The maximum atomic E-state index is 12.5. The van der Waals surface area contributed by atoms with Gasteiger partial charge in [-0.15, -0.1) is 5.73 Å². The molecule has 0 aromatic heterocycles. The van der Waals surface area contributed by atoms with E-state index in [1.807, 2.05) is 11.0 Å². The van der Waals surface area contributed by atoms with Crippen molar-refractivity contribution in [2.45, 2.75) is 18.8 Å². The molecule has 1 aliphatic carbocycles. The predicted octanol–water partition coefficient (Wildman–Crippen LogP) is 4.99. The molecule has 1 amide bonds. The Hall–Kier alpha value is -2.77. The second-order valence-electron chi connectivity index (χ2n) is 7.00. The largest absolute Gasteiger partial charge is 0.448 e. The molecule has 1 saturated heterocycles. The number of hydrogen-bond acceptors (Lipinski definition) is 2. The van der Waals surface area contributed by atoms with Crippen molar-refractivity contribution >= 4 is 6.09 Å². The van der Waals surface area contributed by atoms with Crippen LogP contribution in [0.1, 0.15) is 29.9 Å². The third-order valence-corrected chi connectivity index (χ3v) is 5.49. The Kier molecular flexibility index (Phi) is 4.64. The van der Waals surface area contributed by atoms with Crippen LogP contribution in [0.15, 0.2) is 66.9 Å². The molecule has 3 nitrogen and oxygen atoms in total. The van der Waals surface area contributed by atoms with Crippen LogP contribution in [-0.2, 0) is 4.74 Å². The standard InChI is InChI=1S/C23H23NO2/c1-2-7-17-12-14-24(15-13-17)23(25)26-16-22-20-10-5-3-8-18(20)19-9-4-6-11-21(19)22/h3-11,17,22H,1,12-16H2. The zero-order valence-corrected chi connectivity index (χ0v) is 14.9. The van der Waals surface area contributed by atoms with Crippen LogP contribution in [0, 0.1) is 5.92 Å². The molecule has 0 bridgehead atoms. The number of amides is 1. The number of nitrogens with zero attached hydrogens (tertiary/aromatic N) is 1. The first-order valence-electron chi connectivity index (χ1n) is 9.24. The summed E-state index contributed by atoms with van der Waals surface area (Å²) in [5.41, 5.74) is 7.85. The molecule has 1 heterocycles. The first-order chi connectivity index (χ1) is 12.8. The molecular weight excluding hydrogens is 322 g/mol. The normalized spacial score (nSPS) is 16.5. The van der Waals surface area contributed by atoms with Gasteiger partial charge in [0, 0.05) is 19.0 Å². The lowest BCUT2D eigenvalue weighted by Gasteiger charge is -2.30. The second-order valence-corrected chi connectivity index (χ2v) is 7.00. The van der Waals surface area contributed by atoms with Gasteiger partial charge < -0.3 is 9.64 Å². The van der Waals surface area contributed by atoms with Crippen LogP contribution in [0.25, 0.3) is 11.1 Å². The summed E-state index contributed by atoms with van der Waals surface area (Å²) in [7, 11) is 0. The summed E-state index contributed by atoms with van der Waals surface area (Å²) in [6.07, 6.45) is 3.71. The van der Waals surface area contributed by atoms with E-state index in [1.165, 1.54) is 22.3 Å². The molecule has 0 saturated carbocycles. The molecule has 3 heteroatoms. The van der Waals surface area contributed by atoms with E-state index in [-0.39, 0.29) is 12.0 Å². The Labute approximate surface area is 154 Å². The number of rotatable bonds is 3. The average Bonchev–Trinajstić information content (AvgIpc) is 3.01. The van der Waals surface area contributed by atoms with E-state index in [4.69, 9.17) is 4.74 Å². The van der Waals surface area contributed by atoms with Crippen molar-refractivity contribution in [3.63, 3.8) is 0 Å². The summed E-state index contributed by atoms with van der Waals surface area (Å²) in [6, 6.07) is 16.8. The molecule has 0 radical (unpaired) electrons. The first-order valence-corrected chi connectivity index (χ1v) is 9.24. The number of fused-ring (bicyclic) bond motifs is 3. The van der Waals surface area contributed by atoms with Crippen molar-refractivity contribution in [1.82, 2.24) is 4.90 Å². The van der Waals surface area contributed by atoms with Gasteiger partial charge in [0.15, 0.2) is 0 Å². The van der Waals surface area contributed by atoms with Crippen molar-refractivity contribution in [2.75, 3.05) is 19.7 Å². The van der Waals surface area contributed by atoms with Crippen LogP contribution < -0.4 is 0 Å². The zero-order chi connectivity index (χ0) is 17.9. The van der Waals surface area contributed by atoms with Crippen LogP contribution in [0.2, 0.25) is 0 Å². The lowest BCUT2D eigenvalue weighted by Crippen LogP contribution is -2.38. The molecular formula is C23H23NO2. The van der Waals surface area contributed by atoms with Crippen LogP contribution >= 0.6 is 0 Å². The van der Waals surface area contributed by atoms with Crippen molar-refractivity contribution in [3.05, 3.63) is 78.0 Å². The Morgan fingerprint density at radius 1 is 1.08 bits per heavy atom. The van der Waals surface area contributed by atoms with Gasteiger partial charge in [-0.3, -0.25) is 0 Å². The minimum atomic E-state index is -0.201. The van der Waals surface area contributed by atoms with Crippen LogP contribution in [0.4, 0.5) is 4.79 Å². The monoisotopic (exact) mass is 345 g/mol. The maximum absolute atomic E-state index is 12.5. The molecule has 0 spiro atoms. The number of likely N-dealkylation sites (tertiary alicyclic amines) is 1. The molecule has 1 fully saturated rings. The molecule has 2 aromatic rings. The van der Waals surface area contributed by atoms with E-state index < -0.39 is 0 Å². The van der Waals surface area contributed by atoms with Gasteiger partial charge in [0.05, 0.1) is 0 Å². The minimum Gasteiger partial charge on any atom is -0.448 e. The van der Waals surface area contributed by atoms with Crippen molar-refractivity contribution in [1.29, 1.82) is 0 Å². The lowest BCUT2D eigenvalue weighted by molar-refractivity contribution is 0.0888. The summed E-state index contributed by atoms with van der Waals surface area (Å²) in [5.74, 6) is 0.595. The number of carbonyl (C=O) groups is 1. The Bertz CT molecular complexity index is 813.